The Morgan fingerprint density at radius 3 is 2.85 bits per heavy atom. The van der Waals surface area contributed by atoms with E-state index < -0.39 is 12.0 Å². The van der Waals surface area contributed by atoms with E-state index >= 15 is 0 Å². The van der Waals surface area contributed by atoms with Gasteiger partial charge in [0.1, 0.15) is 12.6 Å². The molecule has 1 unspecified atom stereocenters. The summed E-state index contributed by atoms with van der Waals surface area (Å²) in [7, 11) is 0. The summed E-state index contributed by atoms with van der Waals surface area (Å²) in [6.07, 6.45) is 2.03. The van der Waals surface area contributed by atoms with Gasteiger partial charge in [-0.1, -0.05) is 6.08 Å². The Bertz CT molecular complexity index is 159. The number of ether oxygens (including phenoxy) is 2. The number of esters is 1. The van der Waals surface area contributed by atoms with Crippen LogP contribution in [0, 0.1) is 0 Å². The van der Waals surface area contributed by atoms with Crippen molar-refractivity contribution in [2.75, 3.05) is 19.8 Å². The average molecular weight is 187 g/mol. The number of hydrogen-bond donors (Lipinski definition) is 1. The monoisotopic (exact) mass is 187 g/mol. The van der Waals surface area contributed by atoms with E-state index in [2.05, 4.69) is 6.58 Å². The zero-order valence-corrected chi connectivity index (χ0v) is 7.99. The molecule has 1 atom stereocenters. The maximum absolute atomic E-state index is 11.0. The van der Waals surface area contributed by atoms with E-state index in [1.165, 1.54) is 0 Å². The van der Waals surface area contributed by atoms with Gasteiger partial charge in [-0.05, 0) is 13.3 Å². The van der Waals surface area contributed by atoms with Crippen LogP contribution >= 0.6 is 0 Å². The molecule has 0 rings (SSSR count). The van der Waals surface area contributed by atoms with E-state index in [1.54, 1.807) is 6.08 Å². The second kappa shape index (κ2) is 7.76. The summed E-state index contributed by atoms with van der Waals surface area (Å²) >= 11 is 0. The first-order valence-electron chi connectivity index (χ1n) is 4.33. The van der Waals surface area contributed by atoms with Crippen molar-refractivity contribution >= 4 is 5.97 Å². The van der Waals surface area contributed by atoms with Crippen LogP contribution in [0.25, 0.3) is 0 Å². The number of carbonyl (C=O) groups excluding carboxylic acids is 1. The van der Waals surface area contributed by atoms with Crippen molar-refractivity contribution in [3.05, 3.63) is 12.7 Å². The lowest BCUT2D eigenvalue weighted by atomic mass is 10.2. The van der Waals surface area contributed by atoms with Gasteiger partial charge in [-0.15, -0.1) is 6.58 Å². The third-order valence-corrected chi connectivity index (χ3v) is 1.40. The smallest absolute Gasteiger partial charge is 0.323 e. The highest BCUT2D eigenvalue weighted by molar-refractivity contribution is 5.75. The Balaban J connectivity index is 3.44. The largest absolute Gasteiger partial charge is 0.462 e. The molecule has 0 aromatic heterocycles. The van der Waals surface area contributed by atoms with Gasteiger partial charge in [0.25, 0.3) is 0 Å². The molecule has 0 aromatic rings. The molecule has 2 N–H and O–H groups in total. The highest BCUT2D eigenvalue weighted by atomic mass is 16.6. The van der Waals surface area contributed by atoms with Gasteiger partial charge in [0.15, 0.2) is 0 Å². The van der Waals surface area contributed by atoms with Crippen LogP contribution in [0.5, 0.6) is 0 Å². The Kier molecular flexibility index (Phi) is 7.24. The van der Waals surface area contributed by atoms with Gasteiger partial charge >= 0.3 is 5.97 Å². The van der Waals surface area contributed by atoms with Crippen LogP contribution in [0.2, 0.25) is 0 Å². The standard InChI is InChI=1S/C9H17NO3/c1-3-5-8(10)9(11)13-7-6-12-4-2/h3,8H,1,4-7,10H2,2H3. The molecule has 4 heteroatoms. The molecule has 0 amide bonds. The minimum Gasteiger partial charge on any atom is -0.462 e. The van der Waals surface area contributed by atoms with Crippen molar-refractivity contribution in [2.24, 2.45) is 5.73 Å². The first-order valence-corrected chi connectivity index (χ1v) is 4.33. The van der Waals surface area contributed by atoms with Gasteiger partial charge in [0.05, 0.1) is 6.61 Å². The molecule has 0 bridgehead atoms. The van der Waals surface area contributed by atoms with Crippen molar-refractivity contribution in [3.8, 4) is 0 Å². The Hall–Kier alpha value is -0.870. The summed E-state index contributed by atoms with van der Waals surface area (Å²) in [4.78, 5) is 11.0. The van der Waals surface area contributed by atoms with Crippen LogP contribution in [0.1, 0.15) is 13.3 Å². The lowest BCUT2D eigenvalue weighted by Gasteiger charge is -2.08. The summed E-state index contributed by atoms with van der Waals surface area (Å²) in [6, 6.07) is -0.598. The number of rotatable bonds is 7. The zero-order valence-electron chi connectivity index (χ0n) is 7.99. The van der Waals surface area contributed by atoms with Gasteiger partial charge in [0.2, 0.25) is 0 Å². The summed E-state index contributed by atoms with van der Waals surface area (Å²) in [5.74, 6) is -0.403. The molecule has 4 nitrogen and oxygen atoms in total. The molecule has 76 valence electrons. The van der Waals surface area contributed by atoms with E-state index in [0.29, 0.717) is 19.6 Å². The van der Waals surface area contributed by atoms with Crippen LogP contribution in [0.15, 0.2) is 12.7 Å². The van der Waals surface area contributed by atoms with Crippen LogP contribution in [0.3, 0.4) is 0 Å². The van der Waals surface area contributed by atoms with Gasteiger partial charge < -0.3 is 15.2 Å². The van der Waals surface area contributed by atoms with Crippen molar-refractivity contribution < 1.29 is 14.3 Å². The predicted octanol–water partition coefficient (Wildman–Crippen LogP) is 0.469. The Morgan fingerprint density at radius 2 is 2.31 bits per heavy atom. The van der Waals surface area contributed by atoms with Crippen LogP contribution in [-0.4, -0.2) is 31.8 Å². The number of nitrogens with two attached hydrogens (primary N) is 1. The minimum absolute atomic E-state index is 0.261. The van der Waals surface area contributed by atoms with E-state index in [1.807, 2.05) is 6.92 Å². The van der Waals surface area contributed by atoms with Gasteiger partial charge in [0, 0.05) is 6.61 Å². The first kappa shape index (κ1) is 12.1. The molecule has 0 saturated carbocycles. The predicted molar refractivity (Wildman–Crippen MR) is 50.2 cm³/mol. The minimum atomic E-state index is -0.598. The lowest BCUT2D eigenvalue weighted by Crippen LogP contribution is -2.32. The van der Waals surface area contributed by atoms with Crippen LogP contribution < -0.4 is 5.73 Å². The SMILES string of the molecule is C=CCC(N)C(=O)OCCOCC. The lowest BCUT2D eigenvalue weighted by molar-refractivity contribution is -0.146. The third kappa shape index (κ3) is 6.31. The van der Waals surface area contributed by atoms with Crippen molar-refractivity contribution in [1.29, 1.82) is 0 Å². The second-order valence-electron chi connectivity index (χ2n) is 2.50. The summed E-state index contributed by atoms with van der Waals surface area (Å²) < 4.78 is 9.81. The quantitative estimate of drug-likeness (QED) is 0.357. The van der Waals surface area contributed by atoms with Crippen molar-refractivity contribution in [2.45, 2.75) is 19.4 Å². The molecule has 0 aliphatic carbocycles. The average Bonchev–Trinajstić information content (AvgIpc) is 2.12. The highest BCUT2D eigenvalue weighted by Crippen LogP contribution is 1.92. The molecule has 0 fully saturated rings. The summed E-state index contributed by atoms with van der Waals surface area (Å²) in [5.41, 5.74) is 5.46. The molecular formula is C9H17NO3. The third-order valence-electron chi connectivity index (χ3n) is 1.40. The number of carbonyl (C=O) groups is 1. The van der Waals surface area contributed by atoms with Crippen molar-refractivity contribution in [1.82, 2.24) is 0 Å². The Labute approximate surface area is 78.7 Å². The molecule has 0 heterocycles. The fraction of sp³-hybridized carbons (Fsp3) is 0.667. The van der Waals surface area contributed by atoms with Crippen LogP contribution in [-0.2, 0) is 14.3 Å². The maximum atomic E-state index is 11.0. The molecular weight excluding hydrogens is 170 g/mol. The maximum Gasteiger partial charge on any atom is 0.323 e. The second-order valence-corrected chi connectivity index (χ2v) is 2.50. The van der Waals surface area contributed by atoms with E-state index in [0.717, 1.165) is 0 Å². The summed E-state index contributed by atoms with van der Waals surface area (Å²) in [5, 5.41) is 0. The van der Waals surface area contributed by atoms with E-state index in [9.17, 15) is 4.79 Å². The van der Waals surface area contributed by atoms with Crippen LogP contribution in [0.4, 0.5) is 0 Å². The molecule has 0 aliphatic rings. The first-order chi connectivity index (χ1) is 6.22. The van der Waals surface area contributed by atoms with Gasteiger partial charge in [-0.25, -0.2) is 0 Å². The Morgan fingerprint density at radius 1 is 1.62 bits per heavy atom. The molecule has 0 spiro atoms. The molecule has 0 saturated heterocycles. The molecule has 0 aliphatic heterocycles. The van der Waals surface area contributed by atoms with Gasteiger partial charge in [-0.2, -0.15) is 0 Å². The van der Waals surface area contributed by atoms with Gasteiger partial charge in [-0.3, -0.25) is 4.79 Å². The normalized spacial score (nSPS) is 12.2. The van der Waals surface area contributed by atoms with E-state index in [-0.39, 0.29) is 6.61 Å². The highest BCUT2D eigenvalue weighted by Gasteiger charge is 2.12. The fourth-order valence-electron chi connectivity index (χ4n) is 0.728. The number of hydrogen-bond acceptors (Lipinski definition) is 4. The molecule has 0 radical (unpaired) electrons. The van der Waals surface area contributed by atoms with E-state index in [4.69, 9.17) is 15.2 Å². The zero-order chi connectivity index (χ0) is 10.1. The van der Waals surface area contributed by atoms with Crippen molar-refractivity contribution in [3.63, 3.8) is 0 Å². The summed E-state index contributed by atoms with van der Waals surface area (Å²) in [6.45, 7) is 6.66. The molecule has 0 aromatic carbocycles. The topological polar surface area (TPSA) is 61.6 Å². The fourth-order valence-corrected chi connectivity index (χ4v) is 0.728. The molecule has 13 heavy (non-hydrogen) atoms.